The van der Waals surface area contributed by atoms with Crippen LogP contribution in [0.3, 0.4) is 0 Å². The summed E-state index contributed by atoms with van der Waals surface area (Å²) in [5.41, 5.74) is 4.56. The molecule has 1 aromatic carbocycles. The van der Waals surface area contributed by atoms with Gasteiger partial charge in [0.1, 0.15) is 5.69 Å². The zero-order valence-electron chi connectivity index (χ0n) is 12.7. The molecular formula is C18H17N3OS. The third kappa shape index (κ3) is 2.97. The van der Waals surface area contributed by atoms with Crippen LogP contribution in [0, 0.1) is 5.92 Å². The van der Waals surface area contributed by atoms with Crippen LogP contribution < -0.4 is 0 Å². The van der Waals surface area contributed by atoms with Gasteiger partial charge in [0.15, 0.2) is 0 Å². The molecule has 5 heteroatoms. The standard InChI is InChI=1S/C18H17N3OS/c22-18(17-11-23-12-20-17)21-6-5-13(10-21)7-14-8-15-3-1-2-4-16(15)19-9-14/h1-4,8-9,11-13H,5-7,10H2. The van der Waals surface area contributed by atoms with Crippen LogP contribution >= 0.6 is 11.3 Å². The lowest BCUT2D eigenvalue weighted by Crippen LogP contribution is -2.29. The first-order valence-electron chi connectivity index (χ1n) is 7.81. The van der Waals surface area contributed by atoms with Gasteiger partial charge in [-0.2, -0.15) is 0 Å². The van der Waals surface area contributed by atoms with Crippen molar-refractivity contribution in [1.82, 2.24) is 14.9 Å². The molecule has 1 saturated heterocycles. The average Bonchev–Trinajstić information content (AvgIpc) is 3.26. The van der Waals surface area contributed by atoms with E-state index < -0.39 is 0 Å². The molecule has 0 radical (unpaired) electrons. The molecule has 3 aromatic rings. The van der Waals surface area contributed by atoms with Crippen LogP contribution in [0.4, 0.5) is 0 Å². The summed E-state index contributed by atoms with van der Waals surface area (Å²) >= 11 is 1.46. The Morgan fingerprint density at radius 3 is 3.09 bits per heavy atom. The fraction of sp³-hybridized carbons (Fsp3) is 0.278. The van der Waals surface area contributed by atoms with Gasteiger partial charge >= 0.3 is 0 Å². The predicted molar refractivity (Wildman–Crippen MR) is 91.6 cm³/mol. The number of hydrogen-bond acceptors (Lipinski definition) is 4. The number of hydrogen-bond donors (Lipinski definition) is 0. The molecule has 1 aliphatic rings. The lowest BCUT2D eigenvalue weighted by molar-refractivity contribution is 0.0782. The van der Waals surface area contributed by atoms with Crippen molar-refractivity contribution < 1.29 is 4.79 Å². The Hall–Kier alpha value is -2.27. The Labute approximate surface area is 138 Å². The van der Waals surface area contributed by atoms with E-state index >= 15 is 0 Å². The summed E-state index contributed by atoms with van der Waals surface area (Å²) < 4.78 is 0. The molecule has 0 saturated carbocycles. The van der Waals surface area contributed by atoms with Crippen molar-refractivity contribution in [2.75, 3.05) is 13.1 Å². The summed E-state index contributed by atoms with van der Waals surface area (Å²) in [4.78, 5) is 22.9. The van der Waals surface area contributed by atoms with Gasteiger partial charge in [-0.25, -0.2) is 4.98 Å². The Balaban J connectivity index is 1.44. The number of para-hydroxylation sites is 1. The maximum atomic E-state index is 12.3. The summed E-state index contributed by atoms with van der Waals surface area (Å²) in [5, 5.41) is 3.00. The number of amides is 1. The van der Waals surface area contributed by atoms with Gasteiger partial charge in [-0.1, -0.05) is 18.2 Å². The Kier molecular flexibility index (Phi) is 3.79. The highest BCUT2D eigenvalue weighted by molar-refractivity contribution is 7.07. The summed E-state index contributed by atoms with van der Waals surface area (Å²) in [6.07, 6.45) is 3.98. The topological polar surface area (TPSA) is 46.1 Å². The van der Waals surface area contributed by atoms with Crippen molar-refractivity contribution in [3.05, 3.63) is 58.7 Å². The summed E-state index contributed by atoms with van der Waals surface area (Å²) in [7, 11) is 0. The van der Waals surface area contributed by atoms with E-state index in [4.69, 9.17) is 0 Å². The lowest BCUT2D eigenvalue weighted by Gasteiger charge is -2.15. The molecule has 0 N–H and O–H groups in total. The number of pyridine rings is 1. The minimum atomic E-state index is 0.0605. The van der Waals surface area contributed by atoms with Crippen molar-refractivity contribution in [3.8, 4) is 0 Å². The second-order valence-corrected chi connectivity index (χ2v) is 6.74. The second-order valence-electron chi connectivity index (χ2n) is 6.02. The molecule has 23 heavy (non-hydrogen) atoms. The van der Waals surface area contributed by atoms with Gasteiger partial charge in [0.05, 0.1) is 11.0 Å². The normalized spacial score (nSPS) is 17.7. The van der Waals surface area contributed by atoms with Crippen molar-refractivity contribution in [2.45, 2.75) is 12.8 Å². The third-order valence-electron chi connectivity index (χ3n) is 4.40. The third-order valence-corrected chi connectivity index (χ3v) is 4.98. The highest BCUT2D eigenvalue weighted by Crippen LogP contribution is 2.23. The van der Waals surface area contributed by atoms with Gasteiger partial charge in [-0.05, 0) is 36.5 Å². The smallest absolute Gasteiger partial charge is 0.273 e. The van der Waals surface area contributed by atoms with Crippen molar-refractivity contribution in [2.24, 2.45) is 5.92 Å². The minimum absolute atomic E-state index is 0.0605. The van der Waals surface area contributed by atoms with Crippen LogP contribution in [-0.4, -0.2) is 33.9 Å². The van der Waals surface area contributed by atoms with E-state index in [0.717, 1.165) is 31.4 Å². The van der Waals surface area contributed by atoms with Crippen molar-refractivity contribution in [1.29, 1.82) is 0 Å². The van der Waals surface area contributed by atoms with Crippen LogP contribution in [-0.2, 0) is 6.42 Å². The van der Waals surface area contributed by atoms with E-state index in [1.165, 1.54) is 22.3 Å². The SMILES string of the molecule is O=C(c1cscn1)N1CCC(Cc2cnc3ccccc3c2)C1. The number of carbonyl (C=O) groups excluding carboxylic acids is 1. The second kappa shape index (κ2) is 6.08. The molecule has 1 aliphatic heterocycles. The van der Waals surface area contributed by atoms with Gasteiger partial charge in [-0.15, -0.1) is 11.3 Å². The Bertz CT molecular complexity index is 831. The fourth-order valence-electron chi connectivity index (χ4n) is 3.23. The van der Waals surface area contributed by atoms with Crippen LogP contribution in [0.25, 0.3) is 10.9 Å². The van der Waals surface area contributed by atoms with E-state index in [1.54, 1.807) is 5.51 Å². The summed E-state index contributed by atoms with van der Waals surface area (Å²) in [5.74, 6) is 0.561. The van der Waals surface area contributed by atoms with E-state index in [-0.39, 0.29) is 5.91 Å². The molecule has 2 aromatic heterocycles. The van der Waals surface area contributed by atoms with Gasteiger partial charge in [0.25, 0.3) is 5.91 Å². The van der Waals surface area contributed by atoms with Crippen molar-refractivity contribution >= 4 is 28.1 Å². The number of thiazole rings is 1. The van der Waals surface area contributed by atoms with Crippen LogP contribution in [0.5, 0.6) is 0 Å². The number of fused-ring (bicyclic) bond motifs is 1. The van der Waals surface area contributed by atoms with E-state index in [1.807, 2.05) is 34.7 Å². The maximum Gasteiger partial charge on any atom is 0.273 e. The first-order chi connectivity index (χ1) is 11.3. The first kappa shape index (κ1) is 14.3. The molecule has 0 bridgehead atoms. The molecule has 4 rings (SSSR count). The number of carbonyl (C=O) groups is 1. The fourth-order valence-corrected chi connectivity index (χ4v) is 3.75. The number of aromatic nitrogens is 2. The Morgan fingerprint density at radius 2 is 2.22 bits per heavy atom. The van der Waals surface area contributed by atoms with Crippen LogP contribution in [0.1, 0.15) is 22.5 Å². The Morgan fingerprint density at radius 1 is 1.30 bits per heavy atom. The molecule has 1 fully saturated rings. The highest BCUT2D eigenvalue weighted by atomic mass is 32.1. The average molecular weight is 323 g/mol. The number of likely N-dealkylation sites (tertiary alicyclic amines) is 1. The quantitative estimate of drug-likeness (QED) is 0.742. The lowest BCUT2D eigenvalue weighted by atomic mass is 9.99. The van der Waals surface area contributed by atoms with Crippen LogP contribution in [0.15, 0.2) is 47.4 Å². The molecule has 0 aliphatic carbocycles. The van der Waals surface area contributed by atoms with Crippen LogP contribution in [0.2, 0.25) is 0 Å². The molecule has 1 atom stereocenters. The predicted octanol–water partition coefficient (Wildman–Crippen LogP) is 3.40. The molecule has 3 heterocycles. The molecule has 1 amide bonds. The number of rotatable bonds is 3. The van der Waals surface area contributed by atoms with Gasteiger partial charge < -0.3 is 4.90 Å². The summed E-state index contributed by atoms with van der Waals surface area (Å²) in [6, 6.07) is 10.4. The molecule has 1 unspecified atom stereocenters. The van der Waals surface area contributed by atoms with Gasteiger partial charge in [-0.3, -0.25) is 9.78 Å². The zero-order chi connectivity index (χ0) is 15.6. The molecular weight excluding hydrogens is 306 g/mol. The zero-order valence-corrected chi connectivity index (χ0v) is 13.5. The summed E-state index contributed by atoms with van der Waals surface area (Å²) in [6.45, 7) is 1.63. The van der Waals surface area contributed by atoms with E-state index in [2.05, 4.69) is 22.1 Å². The molecule has 116 valence electrons. The highest BCUT2D eigenvalue weighted by Gasteiger charge is 2.27. The van der Waals surface area contributed by atoms with Gasteiger partial charge in [0.2, 0.25) is 0 Å². The number of nitrogens with zero attached hydrogens (tertiary/aromatic N) is 3. The van der Waals surface area contributed by atoms with Crippen molar-refractivity contribution in [3.63, 3.8) is 0 Å². The van der Waals surface area contributed by atoms with E-state index in [0.29, 0.717) is 11.6 Å². The largest absolute Gasteiger partial charge is 0.337 e. The number of benzene rings is 1. The maximum absolute atomic E-state index is 12.3. The van der Waals surface area contributed by atoms with Gasteiger partial charge in [0, 0.05) is 30.1 Å². The van der Waals surface area contributed by atoms with E-state index in [9.17, 15) is 4.79 Å². The monoisotopic (exact) mass is 323 g/mol. The first-order valence-corrected chi connectivity index (χ1v) is 8.75. The molecule has 4 nitrogen and oxygen atoms in total. The molecule has 0 spiro atoms. The minimum Gasteiger partial charge on any atom is -0.337 e.